The fourth-order valence-electron chi connectivity index (χ4n) is 4.06. The van der Waals surface area contributed by atoms with Crippen LogP contribution in [-0.2, 0) is 4.74 Å². The van der Waals surface area contributed by atoms with Crippen molar-refractivity contribution in [2.45, 2.75) is 6.36 Å². The summed E-state index contributed by atoms with van der Waals surface area (Å²) in [6.45, 7) is 0. The van der Waals surface area contributed by atoms with Gasteiger partial charge in [0, 0.05) is 11.1 Å². The number of carbonyl (C=O) groups excluding carboxylic acids is 2. The van der Waals surface area contributed by atoms with Gasteiger partial charge in [0.2, 0.25) is 0 Å². The topological polar surface area (TPSA) is 70.4 Å². The average Bonchev–Trinajstić information content (AvgIpc) is 3.25. The van der Waals surface area contributed by atoms with Crippen LogP contribution in [0.3, 0.4) is 0 Å². The number of alkyl halides is 3. The molecule has 0 aliphatic rings. The maximum Gasteiger partial charge on any atom is 0.573 e. The van der Waals surface area contributed by atoms with Crippen molar-refractivity contribution in [3.05, 3.63) is 96.1 Å². The minimum absolute atomic E-state index is 0.105. The Hall–Kier alpha value is -4.66. The van der Waals surface area contributed by atoms with Gasteiger partial charge in [-0.15, -0.1) is 13.2 Å². The van der Waals surface area contributed by atoms with Gasteiger partial charge < -0.3 is 9.47 Å². The first-order valence-corrected chi connectivity index (χ1v) is 10.7. The van der Waals surface area contributed by atoms with E-state index in [9.17, 15) is 22.8 Å². The van der Waals surface area contributed by atoms with E-state index < -0.39 is 24.0 Å². The molecule has 36 heavy (non-hydrogen) atoms. The molecule has 9 heteroatoms. The summed E-state index contributed by atoms with van der Waals surface area (Å²) >= 11 is 0. The number of rotatable bonds is 4. The van der Waals surface area contributed by atoms with Crippen molar-refractivity contribution in [1.29, 1.82) is 0 Å². The summed E-state index contributed by atoms with van der Waals surface area (Å²) in [5, 5.41) is 1.79. The van der Waals surface area contributed by atoms with E-state index in [1.807, 2.05) is 42.5 Å². The van der Waals surface area contributed by atoms with Crippen LogP contribution in [0.4, 0.5) is 13.2 Å². The Labute approximate surface area is 202 Å². The number of ether oxygens (including phenoxy) is 2. The molecule has 0 atom stereocenters. The standard InChI is InChI=1S/C27H17F3N2O4/c1-35-26(34)18-11-14-22-23(15-18)32(25(33)17-9-12-19(13-10-17)36-27(28,29)30)24(31-22)21-8-4-6-16-5-2-3-7-20(16)21/h2-15H,1H3. The molecule has 0 aliphatic heterocycles. The van der Waals surface area contributed by atoms with E-state index in [0.29, 0.717) is 22.4 Å². The van der Waals surface area contributed by atoms with Crippen LogP contribution in [0, 0.1) is 0 Å². The summed E-state index contributed by atoms with van der Waals surface area (Å²) in [5.74, 6) is -1.25. The van der Waals surface area contributed by atoms with Gasteiger partial charge >= 0.3 is 12.3 Å². The SMILES string of the molecule is COC(=O)c1ccc2nc(-c3cccc4ccccc34)n(C(=O)c3ccc(OC(F)(F)F)cc3)c2c1. The molecule has 5 rings (SSSR count). The average molecular weight is 490 g/mol. The van der Waals surface area contributed by atoms with Crippen molar-refractivity contribution < 1.29 is 32.2 Å². The van der Waals surface area contributed by atoms with Gasteiger partial charge in [0.1, 0.15) is 11.6 Å². The van der Waals surface area contributed by atoms with Crippen molar-refractivity contribution >= 4 is 33.7 Å². The Kier molecular flexibility index (Phi) is 5.68. The summed E-state index contributed by atoms with van der Waals surface area (Å²) in [6.07, 6.45) is -4.85. The van der Waals surface area contributed by atoms with Crippen LogP contribution in [0.25, 0.3) is 33.2 Å². The molecule has 5 aromatic rings. The number of methoxy groups -OCH3 is 1. The van der Waals surface area contributed by atoms with Crippen LogP contribution in [0.1, 0.15) is 20.7 Å². The Balaban J connectivity index is 1.71. The van der Waals surface area contributed by atoms with Gasteiger partial charge in [0.15, 0.2) is 0 Å². The third-order valence-electron chi connectivity index (χ3n) is 5.64. The lowest BCUT2D eigenvalue weighted by atomic mass is 10.0. The normalized spacial score (nSPS) is 11.6. The second kappa shape index (κ2) is 8.84. The number of aromatic nitrogens is 2. The smallest absolute Gasteiger partial charge is 0.465 e. The molecule has 4 aromatic carbocycles. The van der Waals surface area contributed by atoms with Crippen LogP contribution >= 0.6 is 0 Å². The van der Waals surface area contributed by atoms with E-state index in [1.165, 1.54) is 29.9 Å². The predicted molar refractivity (Wildman–Crippen MR) is 127 cm³/mol. The molecular formula is C27H17F3N2O4. The molecule has 0 spiro atoms. The fraction of sp³-hybridized carbons (Fsp3) is 0.0741. The quantitative estimate of drug-likeness (QED) is 0.279. The summed E-state index contributed by atoms with van der Waals surface area (Å²) < 4.78 is 47.8. The van der Waals surface area contributed by atoms with E-state index in [2.05, 4.69) is 9.72 Å². The van der Waals surface area contributed by atoms with Crippen LogP contribution in [0.5, 0.6) is 5.75 Å². The Bertz CT molecular complexity index is 1620. The Morgan fingerprint density at radius 2 is 1.56 bits per heavy atom. The van der Waals surface area contributed by atoms with Crippen molar-refractivity contribution in [2.75, 3.05) is 7.11 Å². The fourth-order valence-corrected chi connectivity index (χ4v) is 4.06. The number of hydrogen-bond acceptors (Lipinski definition) is 5. The van der Waals surface area contributed by atoms with E-state index in [0.717, 1.165) is 22.9 Å². The van der Waals surface area contributed by atoms with Gasteiger partial charge in [-0.05, 0) is 53.2 Å². The lowest BCUT2D eigenvalue weighted by Gasteiger charge is -2.12. The summed E-state index contributed by atoms with van der Waals surface area (Å²) in [6, 6.07) is 22.5. The zero-order valence-corrected chi connectivity index (χ0v) is 18.7. The molecule has 1 heterocycles. The molecule has 180 valence electrons. The second-order valence-electron chi connectivity index (χ2n) is 7.87. The third kappa shape index (κ3) is 4.26. The molecule has 1 aromatic heterocycles. The highest BCUT2D eigenvalue weighted by Gasteiger charge is 2.31. The monoisotopic (exact) mass is 490 g/mol. The number of esters is 1. The van der Waals surface area contributed by atoms with Crippen LogP contribution < -0.4 is 4.74 Å². The molecule has 0 bridgehead atoms. The highest BCUT2D eigenvalue weighted by atomic mass is 19.4. The highest BCUT2D eigenvalue weighted by molar-refractivity contribution is 6.07. The second-order valence-corrected chi connectivity index (χ2v) is 7.87. The number of halogens is 3. The van der Waals surface area contributed by atoms with Crippen molar-refractivity contribution in [2.24, 2.45) is 0 Å². The van der Waals surface area contributed by atoms with Gasteiger partial charge in [-0.1, -0.05) is 42.5 Å². The van der Waals surface area contributed by atoms with Crippen molar-refractivity contribution in [3.63, 3.8) is 0 Å². The van der Waals surface area contributed by atoms with Gasteiger partial charge in [-0.2, -0.15) is 0 Å². The van der Waals surface area contributed by atoms with E-state index in [4.69, 9.17) is 4.74 Å². The maximum absolute atomic E-state index is 13.7. The number of hydrogen-bond donors (Lipinski definition) is 0. The number of benzene rings is 4. The molecule has 0 amide bonds. The molecule has 0 unspecified atom stereocenters. The Morgan fingerprint density at radius 1 is 0.861 bits per heavy atom. The van der Waals surface area contributed by atoms with Gasteiger partial charge in [-0.25, -0.2) is 9.78 Å². The first kappa shape index (κ1) is 23.1. The van der Waals surface area contributed by atoms with Crippen molar-refractivity contribution in [1.82, 2.24) is 9.55 Å². The molecular weight excluding hydrogens is 473 g/mol. The zero-order valence-electron chi connectivity index (χ0n) is 18.7. The van der Waals surface area contributed by atoms with Gasteiger partial charge in [0.25, 0.3) is 5.91 Å². The van der Waals surface area contributed by atoms with Gasteiger partial charge in [-0.3, -0.25) is 9.36 Å². The van der Waals surface area contributed by atoms with Crippen LogP contribution in [0.15, 0.2) is 84.9 Å². The maximum atomic E-state index is 13.7. The number of imidazole rings is 1. The summed E-state index contributed by atoms with van der Waals surface area (Å²) in [5.41, 5.74) is 1.80. The minimum Gasteiger partial charge on any atom is -0.465 e. The molecule has 0 saturated heterocycles. The zero-order chi connectivity index (χ0) is 25.4. The van der Waals surface area contributed by atoms with E-state index in [-0.39, 0.29) is 11.1 Å². The van der Waals surface area contributed by atoms with E-state index >= 15 is 0 Å². The number of carbonyl (C=O) groups is 2. The van der Waals surface area contributed by atoms with Crippen LogP contribution in [0.2, 0.25) is 0 Å². The first-order chi connectivity index (χ1) is 17.2. The predicted octanol–water partition coefficient (Wildman–Crippen LogP) is 6.23. The number of nitrogens with zero attached hydrogens (tertiary/aromatic N) is 2. The molecule has 6 nitrogen and oxygen atoms in total. The molecule has 0 N–H and O–H groups in total. The molecule has 0 aliphatic carbocycles. The largest absolute Gasteiger partial charge is 0.573 e. The minimum atomic E-state index is -4.85. The highest BCUT2D eigenvalue weighted by Crippen LogP contribution is 2.32. The lowest BCUT2D eigenvalue weighted by Crippen LogP contribution is -2.17. The summed E-state index contributed by atoms with van der Waals surface area (Å²) in [4.78, 5) is 30.6. The first-order valence-electron chi connectivity index (χ1n) is 10.7. The third-order valence-corrected chi connectivity index (χ3v) is 5.64. The summed E-state index contributed by atoms with van der Waals surface area (Å²) in [7, 11) is 1.25. The lowest BCUT2D eigenvalue weighted by molar-refractivity contribution is -0.274. The van der Waals surface area contributed by atoms with Crippen molar-refractivity contribution in [3.8, 4) is 17.1 Å². The van der Waals surface area contributed by atoms with Crippen LogP contribution in [-0.4, -0.2) is 34.9 Å². The van der Waals surface area contributed by atoms with Gasteiger partial charge in [0.05, 0.1) is 23.7 Å². The number of fused-ring (bicyclic) bond motifs is 2. The molecule has 0 fully saturated rings. The Morgan fingerprint density at radius 3 is 2.28 bits per heavy atom. The van der Waals surface area contributed by atoms with E-state index in [1.54, 1.807) is 12.1 Å². The molecule has 0 radical (unpaired) electrons. The molecule has 0 saturated carbocycles.